The molecule has 0 atom stereocenters. The molecule has 0 radical (unpaired) electrons. The van der Waals surface area contributed by atoms with E-state index in [-0.39, 0.29) is 5.69 Å². The van der Waals surface area contributed by atoms with E-state index in [0.717, 1.165) is 16.8 Å². The number of rotatable bonds is 4. The predicted octanol–water partition coefficient (Wildman–Crippen LogP) is 3.45. The van der Waals surface area contributed by atoms with Crippen LogP contribution in [-0.4, -0.2) is 29.9 Å². The lowest BCUT2D eigenvalue weighted by Gasteiger charge is -2.12. The molecule has 7 nitrogen and oxygen atoms in total. The van der Waals surface area contributed by atoms with E-state index in [9.17, 15) is 0 Å². The first-order valence-corrected chi connectivity index (χ1v) is 8.91. The highest BCUT2D eigenvalue weighted by molar-refractivity contribution is 7.99. The van der Waals surface area contributed by atoms with E-state index in [1.54, 1.807) is 24.5 Å². The fraction of sp³-hybridized carbons (Fsp3) is 0.0526. The van der Waals surface area contributed by atoms with Crippen LogP contribution in [0.25, 0.3) is 17.1 Å². The fourth-order valence-corrected chi connectivity index (χ4v) is 3.34. The molecule has 0 aliphatic rings. The maximum Gasteiger partial charge on any atom is 0.202 e. The van der Waals surface area contributed by atoms with Crippen LogP contribution in [0.2, 0.25) is 0 Å². The zero-order valence-electron chi connectivity index (χ0n) is 14.3. The third kappa shape index (κ3) is 3.41. The van der Waals surface area contributed by atoms with Gasteiger partial charge in [0, 0.05) is 18.0 Å². The van der Waals surface area contributed by atoms with Crippen molar-refractivity contribution >= 4 is 11.8 Å². The van der Waals surface area contributed by atoms with Gasteiger partial charge in [-0.15, -0.1) is 20.4 Å². The summed E-state index contributed by atoms with van der Waals surface area (Å²) in [7, 11) is 0. The van der Waals surface area contributed by atoms with Crippen LogP contribution < -0.4 is 0 Å². The number of nitrogens with zero attached hydrogens (tertiary/aromatic N) is 7. The molecule has 8 heteroatoms. The zero-order chi connectivity index (χ0) is 18.6. The molecule has 0 saturated heterocycles. The quantitative estimate of drug-likeness (QED) is 0.542. The molecule has 0 N–H and O–H groups in total. The summed E-state index contributed by atoms with van der Waals surface area (Å²) >= 11 is 1.34. The second-order valence-corrected chi connectivity index (χ2v) is 6.63. The minimum Gasteiger partial charge on any atom is -0.269 e. The van der Waals surface area contributed by atoms with Gasteiger partial charge in [-0.05, 0) is 54.6 Å². The molecule has 1 aromatic carbocycles. The highest BCUT2D eigenvalue weighted by Crippen LogP contribution is 2.31. The lowest BCUT2D eigenvalue weighted by Crippen LogP contribution is -2.02. The van der Waals surface area contributed by atoms with Crippen molar-refractivity contribution in [3.8, 4) is 23.1 Å². The van der Waals surface area contributed by atoms with Crippen LogP contribution in [0.4, 0.5) is 0 Å². The fourth-order valence-electron chi connectivity index (χ4n) is 2.58. The monoisotopic (exact) mass is 371 g/mol. The first kappa shape index (κ1) is 16.9. The van der Waals surface area contributed by atoms with E-state index in [2.05, 4.69) is 25.4 Å². The van der Waals surface area contributed by atoms with Gasteiger partial charge in [-0.1, -0.05) is 18.2 Å². The summed E-state index contributed by atoms with van der Waals surface area (Å²) in [6, 6.07) is 17.2. The molecule has 27 heavy (non-hydrogen) atoms. The molecule has 3 aromatic heterocycles. The van der Waals surface area contributed by atoms with Gasteiger partial charge in [0.1, 0.15) is 11.1 Å². The Morgan fingerprint density at radius 3 is 2.56 bits per heavy atom. The van der Waals surface area contributed by atoms with Crippen molar-refractivity contribution < 1.29 is 0 Å². The van der Waals surface area contributed by atoms with Gasteiger partial charge in [0.2, 0.25) is 5.16 Å². The summed E-state index contributed by atoms with van der Waals surface area (Å²) < 4.78 is 1.98. The lowest BCUT2D eigenvalue weighted by molar-refractivity contribution is 0.864. The second kappa shape index (κ2) is 7.35. The summed E-state index contributed by atoms with van der Waals surface area (Å²) in [5.41, 5.74) is 3.21. The van der Waals surface area contributed by atoms with E-state index < -0.39 is 0 Å². The van der Waals surface area contributed by atoms with Gasteiger partial charge in [0.05, 0.1) is 5.69 Å². The lowest BCUT2D eigenvalue weighted by atomic mass is 10.2. The van der Waals surface area contributed by atoms with Crippen molar-refractivity contribution in [2.24, 2.45) is 0 Å². The van der Waals surface area contributed by atoms with Crippen LogP contribution in [0, 0.1) is 18.3 Å². The number of benzene rings is 1. The average molecular weight is 371 g/mol. The van der Waals surface area contributed by atoms with E-state index in [1.807, 2.05) is 54.0 Å². The van der Waals surface area contributed by atoms with Crippen molar-refractivity contribution in [2.45, 2.75) is 17.1 Å². The Kier molecular flexibility index (Phi) is 4.60. The largest absolute Gasteiger partial charge is 0.269 e. The van der Waals surface area contributed by atoms with E-state index in [4.69, 9.17) is 5.26 Å². The summed E-state index contributed by atoms with van der Waals surface area (Å²) in [6.45, 7) is 2.04. The number of nitriles is 1. The number of hydrogen-bond acceptors (Lipinski definition) is 7. The first-order chi connectivity index (χ1) is 13.3. The Hall–Kier alpha value is -3.57. The number of pyridine rings is 1. The molecule has 0 aliphatic heterocycles. The van der Waals surface area contributed by atoms with Gasteiger partial charge in [-0.25, -0.2) is 0 Å². The van der Waals surface area contributed by atoms with Gasteiger partial charge in [-0.3, -0.25) is 9.55 Å². The Bertz CT molecular complexity index is 1120. The summed E-state index contributed by atoms with van der Waals surface area (Å²) in [4.78, 5) is 4.19. The molecule has 130 valence electrons. The summed E-state index contributed by atoms with van der Waals surface area (Å²) in [6.07, 6.45) is 3.48. The number of aromatic nitrogens is 6. The van der Waals surface area contributed by atoms with E-state index in [0.29, 0.717) is 16.0 Å². The molecular weight excluding hydrogens is 358 g/mol. The molecule has 4 rings (SSSR count). The Labute approximate surface area is 159 Å². The van der Waals surface area contributed by atoms with Gasteiger partial charge >= 0.3 is 0 Å². The standard InChI is InChI=1S/C19H13N7S/c1-13-5-2-3-7-16(13)26-18(14-6-4-10-21-12-14)24-25-19(26)27-17-9-8-15(11-20)22-23-17/h2-10,12H,1H3. The highest BCUT2D eigenvalue weighted by Gasteiger charge is 2.18. The zero-order valence-corrected chi connectivity index (χ0v) is 15.1. The molecular formula is C19H13N7S. The van der Waals surface area contributed by atoms with Crippen LogP contribution in [0.5, 0.6) is 0 Å². The second-order valence-electron chi connectivity index (χ2n) is 5.64. The minimum absolute atomic E-state index is 0.274. The molecule has 0 bridgehead atoms. The maximum absolute atomic E-state index is 8.88. The number of aryl methyl sites for hydroxylation is 1. The molecule has 0 saturated carbocycles. The van der Waals surface area contributed by atoms with Crippen LogP contribution in [-0.2, 0) is 0 Å². The molecule has 0 unspecified atom stereocenters. The summed E-state index contributed by atoms with van der Waals surface area (Å²) in [5, 5.41) is 26.9. The van der Waals surface area contributed by atoms with Crippen molar-refractivity contribution in [3.63, 3.8) is 0 Å². The van der Waals surface area contributed by atoms with Crippen LogP contribution in [0.3, 0.4) is 0 Å². The Balaban J connectivity index is 1.83. The van der Waals surface area contributed by atoms with Crippen LogP contribution in [0.1, 0.15) is 11.3 Å². The SMILES string of the molecule is Cc1ccccc1-n1c(Sc2ccc(C#N)nn2)nnc1-c1cccnc1. The van der Waals surface area contributed by atoms with Crippen molar-refractivity contribution in [1.82, 2.24) is 29.9 Å². The highest BCUT2D eigenvalue weighted by atomic mass is 32.2. The number of hydrogen-bond donors (Lipinski definition) is 0. The molecule has 3 heterocycles. The topological polar surface area (TPSA) is 93.2 Å². The minimum atomic E-state index is 0.274. The number of para-hydroxylation sites is 1. The van der Waals surface area contributed by atoms with E-state index in [1.165, 1.54) is 11.8 Å². The third-order valence-corrected chi connectivity index (χ3v) is 4.73. The molecule has 4 aromatic rings. The smallest absolute Gasteiger partial charge is 0.202 e. The Morgan fingerprint density at radius 2 is 1.85 bits per heavy atom. The normalized spacial score (nSPS) is 10.5. The molecule has 0 spiro atoms. The Morgan fingerprint density at radius 1 is 0.963 bits per heavy atom. The summed E-state index contributed by atoms with van der Waals surface area (Å²) in [5.74, 6) is 0.696. The van der Waals surface area contributed by atoms with Gasteiger partial charge in [0.15, 0.2) is 11.5 Å². The van der Waals surface area contributed by atoms with Crippen molar-refractivity contribution in [2.75, 3.05) is 0 Å². The van der Waals surface area contributed by atoms with E-state index >= 15 is 0 Å². The van der Waals surface area contributed by atoms with Gasteiger partial charge in [0.25, 0.3) is 0 Å². The predicted molar refractivity (Wildman–Crippen MR) is 100 cm³/mol. The maximum atomic E-state index is 8.88. The van der Waals surface area contributed by atoms with Gasteiger partial charge < -0.3 is 0 Å². The van der Waals surface area contributed by atoms with Gasteiger partial charge in [-0.2, -0.15) is 5.26 Å². The molecule has 0 aliphatic carbocycles. The van der Waals surface area contributed by atoms with Crippen LogP contribution >= 0.6 is 11.8 Å². The molecule has 0 fully saturated rings. The van der Waals surface area contributed by atoms with Crippen molar-refractivity contribution in [3.05, 3.63) is 72.2 Å². The van der Waals surface area contributed by atoms with Crippen LogP contribution in [0.15, 0.2) is 71.1 Å². The third-order valence-electron chi connectivity index (χ3n) is 3.86. The first-order valence-electron chi connectivity index (χ1n) is 8.10. The average Bonchev–Trinajstić information content (AvgIpc) is 3.13. The molecule has 0 amide bonds. The van der Waals surface area contributed by atoms with Crippen molar-refractivity contribution in [1.29, 1.82) is 5.26 Å².